The van der Waals surface area contributed by atoms with Crippen molar-refractivity contribution >= 4 is 22.8 Å². The number of nitrogen functional groups attached to an aromatic ring is 1. The van der Waals surface area contributed by atoms with Gasteiger partial charge < -0.3 is 11.5 Å². The lowest BCUT2D eigenvalue weighted by Gasteiger charge is -2.40. The molecule has 0 amide bonds. The third-order valence-corrected chi connectivity index (χ3v) is 5.43. The van der Waals surface area contributed by atoms with E-state index in [-0.39, 0.29) is 5.54 Å². The fourth-order valence-electron chi connectivity index (χ4n) is 4.05. The van der Waals surface area contributed by atoms with Gasteiger partial charge in [0.05, 0.1) is 22.3 Å². The number of rotatable bonds is 2. The fourth-order valence-corrected chi connectivity index (χ4v) is 4.05. The Balaban J connectivity index is 2.08. The van der Waals surface area contributed by atoms with Gasteiger partial charge in [-0.25, -0.2) is 0 Å². The lowest BCUT2D eigenvalue weighted by Crippen LogP contribution is -2.45. The molecule has 0 atom stereocenters. The predicted molar refractivity (Wildman–Crippen MR) is 89.6 cm³/mol. The zero-order valence-corrected chi connectivity index (χ0v) is 12.9. The predicted octanol–water partition coefficient (Wildman–Crippen LogP) is 1.21. The first-order valence-electron chi connectivity index (χ1n) is 8.22. The summed E-state index contributed by atoms with van der Waals surface area (Å²) in [5.41, 5.74) is 19.0. The minimum absolute atomic E-state index is 0.219. The van der Waals surface area contributed by atoms with Crippen molar-refractivity contribution in [2.24, 2.45) is 5.73 Å². The van der Waals surface area contributed by atoms with Gasteiger partial charge in [0.15, 0.2) is 6.21 Å². The first-order valence-corrected chi connectivity index (χ1v) is 8.22. The first-order chi connectivity index (χ1) is 10.6. The molecule has 114 valence electrons. The lowest BCUT2D eigenvalue weighted by molar-refractivity contribution is -0.104. The Morgan fingerprint density at radius 2 is 1.82 bits per heavy atom. The maximum atomic E-state index is 6.62. The molecular weight excluding hydrogens is 272 g/mol. The molecule has 4 nitrogen and oxygen atoms in total. The highest BCUT2D eigenvalue weighted by Gasteiger charge is 2.39. The van der Waals surface area contributed by atoms with Gasteiger partial charge in [-0.05, 0) is 68.2 Å². The summed E-state index contributed by atoms with van der Waals surface area (Å²) in [5, 5.41) is 7.00. The van der Waals surface area contributed by atoms with Gasteiger partial charge in [0, 0.05) is 11.1 Å². The van der Waals surface area contributed by atoms with Gasteiger partial charge in [-0.3, -0.25) is 10.4 Å². The lowest BCUT2D eigenvalue weighted by atomic mass is 9.71. The summed E-state index contributed by atoms with van der Waals surface area (Å²) in [7, 11) is 0. The van der Waals surface area contributed by atoms with E-state index in [0.29, 0.717) is 0 Å². The Bertz CT molecular complexity index is 774. The molecule has 4 rings (SSSR count). The van der Waals surface area contributed by atoms with Crippen molar-refractivity contribution < 1.29 is 5.41 Å². The smallest absolute Gasteiger partial charge is 0.170 e. The Hall–Kier alpha value is -1.94. The molecule has 0 saturated heterocycles. The summed E-state index contributed by atoms with van der Waals surface area (Å²) >= 11 is 0. The van der Waals surface area contributed by atoms with Crippen LogP contribution in [0.5, 0.6) is 0 Å². The molecule has 2 aliphatic carbocycles. The molecule has 1 aromatic carbocycles. The maximum absolute atomic E-state index is 6.62. The number of pyridine rings is 1. The van der Waals surface area contributed by atoms with E-state index >= 15 is 0 Å². The normalized spacial score (nSPS) is 19.5. The Kier molecular flexibility index (Phi) is 2.98. The van der Waals surface area contributed by atoms with Crippen LogP contribution in [-0.2, 0) is 18.4 Å². The monoisotopic (exact) mass is 295 g/mol. The maximum Gasteiger partial charge on any atom is 0.170 e. The largest absolute Gasteiger partial charge is 0.398 e. The third kappa shape index (κ3) is 1.80. The second-order valence-corrected chi connectivity index (χ2v) is 6.76. The highest BCUT2D eigenvalue weighted by Crippen LogP contribution is 2.43. The van der Waals surface area contributed by atoms with Crippen LogP contribution in [-0.4, -0.2) is 11.2 Å². The van der Waals surface area contributed by atoms with Crippen LogP contribution in [0.2, 0.25) is 0 Å². The number of nitrogens with zero attached hydrogens (tertiary/aromatic N) is 1. The van der Waals surface area contributed by atoms with Crippen LogP contribution >= 0.6 is 0 Å². The molecule has 0 unspecified atom stereocenters. The standard InChI is InChI=1S/C18H22N4/c19-10-13-14(20)6-7-15-16(13)11-4-1-2-5-12(11)17(22-15)18(21)8-3-9-18/h6-7,10,19H,1-5,8-9,20-21H2/p+1. The van der Waals surface area contributed by atoms with Gasteiger partial charge in [0.1, 0.15) is 0 Å². The molecule has 4 heteroatoms. The zero-order chi connectivity index (χ0) is 15.3. The topological polar surface area (TPSA) is 90.5 Å². The van der Waals surface area contributed by atoms with Crippen LogP contribution in [0.3, 0.4) is 0 Å². The first kappa shape index (κ1) is 13.7. The summed E-state index contributed by atoms with van der Waals surface area (Å²) in [5.74, 6) is 0. The molecule has 2 aliphatic rings. The van der Waals surface area contributed by atoms with E-state index < -0.39 is 0 Å². The SMILES string of the molecule is Nc1ccc2nc(C3(N)CCC3)c3c(c2c1C=[NH2+])CCCC3. The summed E-state index contributed by atoms with van der Waals surface area (Å²) < 4.78 is 0. The van der Waals surface area contributed by atoms with E-state index in [2.05, 4.69) is 0 Å². The van der Waals surface area contributed by atoms with Crippen LogP contribution in [0.4, 0.5) is 5.69 Å². The number of aromatic nitrogens is 1. The van der Waals surface area contributed by atoms with Crippen molar-refractivity contribution in [1.29, 1.82) is 0 Å². The summed E-state index contributed by atoms with van der Waals surface area (Å²) in [6.07, 6.45) is 9.48. The molecule has 6 N–H and O–H groups in total. The highest BCUT2D eigenvalue weighted by atomic mass is 14.9. The Labute approximate surface area is 130 Å². The van der Waals surface area contributed by atoms with Crippen molar-refractivity contribution in [2.45, 2.75) is 50.5 Å². The minimum atomic E-state index is -0.219. The number of benzene rings is 1. The quantitative estimate of drug-likeness (QED) is 0.574. The molecule has 0 spiro atoms. The van der Waals surface area contributed by atoms with E-state index in [0.717, 1.165) is 53.5 Å². The van der Waals surface area contributed by atoms with Crippen molar-refractivity contribution in [3.63, 3.8) is 0 Å². The molecule has 1 fully saturated rings. The van der Waals surface area contributed by atoms with Crippen LogP contribution in [0.15, 0.2) is 12.1 Å². The van der Waals surface area contributed by atoms with Gasteiger partial charge in [-0.15, -0.1) is 0 Å². The summed E-state index contributed by atoms with van der Waals surface area (Å²) in [4.78, 5) is 4.98. The van der Waals surface area contributed by atoms with Crippen molar-refractivity contribution in [2.75, 3.05) is 5.73 Å². The van der Waals surface area contributed by atoms with Crippen molar-refractivity contribution in [1.82, 2.24) is 4.98 Å². The van der Waals surface area contributed by atoms with Gasteiger partial charge >= 0.3 is 0 Å². The van der Waals surface area contributed by atoms with Gasteiger partial charge in [-0.2, -0.15) is 0 Å². The van der Waals surface area contributed by atoms with Crippen LogP contribution in [0, 0.1) is 0 Å². The Morgan fingerprint density at radius 1 is 1.09 bits per heavy atom. The average Bonchev–Trinajstić information content (AvgIpc) is 2.52. The number of aryl methyl sites for hydroxylation is 1. The van der Waals surface area contributed by atoms with Gasteiger partial charge in [0.25, 0.3) is 0 Å². The molecule has 1 heterocycles. The molecule has 0 aliphatic heterocycles. The number of fused-ring (bicyclic) bond motifs is 3. The van der Waals surface area contributed by atoms with Crippen LogP contribution < -0.4 is 16.9 Å². The Morgan fingerprint density at radius 3 is 2.45 bits per heavy atom. The van der Waals surface area contributed by atoms with E-state index in [4.69, 9.17) is 21.9 Å². The van der Waals surface area contributed by atoms with E-state index in [9.17, 15) is 0 Å². The molecular formula is C18H23N4+. The molecule has 1 saturated carbocycles. The van der Waals surface area contributed by atoms with Gasteiger partial charge in [0.2, 0.25) is 0 Å². The van der Waals surface area contributed by atoms with E-state index in [1.54, 1.807) is 6.21 Å². The summed E-state index contributed by atoms with van der Waals surface area (Å²) in [6.45, 7) is 0. The van der Waals surface area contributed by atoms with Gasteiger partial charge in [-0.1, -0.05) is 0 Å². The second-order valence-electron chi connectivity index (χ2n) is 6.76. The molecule has 1 aromatic heterocycles. The van der Waals surface area contributed by atoms with E-state index in [1.807, 2.05) is 12.1 Å². The molecule has 22 heavy (non-hydrogen) atoms. The minimum Gasteiger partial charge on any atom is -0.398 e. The molecule has 0 bridgehead atoms. The average molecular weight is 295 g/mol. The summed E-state index contributed by atoms with van der Waals surface area (Å²) in [6, 6.07) is 3.91. The van der Waals surface area contributed by atoms with Crippen LogP contribution in [0.25, 0.3) is 10.9 Å². The third-order valence-electron chi connectivity index (χ3n) is 5.43. The fraction of sp³-hybridized carbons (Fsp3) is 0.444. The second kappa shape index (κ2) is 4.78. The molecule has 2 aromatic rings. The molecule has 0 radical (unpaired) electrons. The number of anilines is 1. The zero-order valence-electron chi connectivity index (χ0n) is 12.9. The van der Waals surface area contributed by atoms with E-state index in [1.165, 1.54) is 30.4 Å². The van der Waals surface area contributed by atoms with Crippen molar-refractivity contribution in [3.05, 3.63) is 34.5 Å². The van der Waals surface area contributed by atoms with Crippen LogP contribution in [0.1, 0.15) is 54.5 Å². The number of hydrogen-bond acceptors (Lipinski definition) is 3. The highest BCUT2D eigenvalue weighted by molar-refractivity contribution is 6.03. The number of hydrogen-bond donors (Lipinski definition) is 3. The van der Waals surface area contributed by atoms with Crippen molar-refractivity contribution in [3.8, 4) is 0 Å². The number of nitrogens with two attached hydrogens (primary N) is 3.